The number of hydrogen-bond donors (Lipinski definition) is 1. The van der Waals surface area contributed by atoms with Crippen molar-refractivity contribution < 1.29 is 9.53 Å². The number of anilines is 1. The van der Waals surface area contributed by atoms with E-state index in [4.69, 9.17) is 4.74 Å². The lowest BCUT2D eigenvalue weighted by Gasteiger charge is -2.16. The second-order valence-corrected chi connectivity index (χ2v) is 7.21. The molecular weight excluding hydrogens is 430 g/mol. The first-order valence-electron chi connectivity index (χ1n) is 6.56. The zero-order valence-electron chi connectivity index (χ0n) is 12.1. The lowest BCUT2D eigenvalue weighted by atomic mass is 10.3. The molecule has 2 rings (SSSR count). The van der Waals surface area contributed by atoms with Crippen molar-refractivity contribution in [1.82, 2.24) is 0 Å². The molecule has 0 unspecified atom stereocenters. The molecule has 116 valence electrons. The van der Waals surface area contributed by atoms with Gasteiger partial charge in [-0.15, -0.1) is 11.8 Å². The average molecular weight is 445 g/mol. The van der Waals surface area contributed by atoms with Crippen molar-refractivity contribution in [2.24, 2.45) is 0 Å². The van der Waals surface area contributed by atoms with Crippen molar-refractivity contribution in [1.29, 1.82) is 0 Å². The van der Waals surface area contributed by atoms with Crippen LogP contribution in [0.15, 0.2) is 56.3 Å². The van der Waals surface area contributed by atoms with Crippen LogP contribution in [0.5, 0.6) is 5.75 Å². The van der Waals surface area contributed by atoms with Crippen molar-refractivity contribution in [2.75, 3.05) is 11.6 Å². The van der Waals surface area contributed by atoms with Gasteiger partial charge in [-0.05, 0) is 65.5 Å². The summed E-state index contributed by atoms with van der Waals surface area (Å²) in [4.78, 5) is 13.3. The largest absolute Gasteiger partial charge is 0.480 e. The van der Waals surface area contributed by atoms with E-state index in [1.165, 1.54) is 0 Å². The quantitative estimate of drug-likeness (QED) is 0.632. The summed E-state index contributed by atoms with van der Waals surface area (Å²) in [6.45, 7) is 1.72. The van der Waals surface area contributed by atoms with Crippen molar-refractivity contribution in [3.05, 3.63) is 51.4 Å². The van der Waals surface area contributed by atoms with Gasteiger partial charge in [-0.3, -0.25) is 4.79 Å². The molecule has 0 bridgehead atoms. The molecular formula is C16H15Br2NO2S. The number of thioether (sulfide) groups is 1. The maximum absolute atomic E-state index is 12.2. The van der Waals surface area contributed by atoms with Crippen LogP contribution in [0.2, 0.25) is 0 Å². The van der Waals surface area contributed by atoms with Crippen LogP contribution in [-0.2, 0) is 4.79 Å². The van der Waals surface area contributed by atoms with Gasteiger partial charge in [-0.2, -0.15) is 0 Å². The lowest BCUT2D eigenvalue weighted by Crippen LogP contribution is -2.30. The molecule has 3 nitrogen and oxygen atoms in total. The van der Waals surface area contributed by atoms with Gasteiger partial charge in [0.15, 0.2) is 6.10 Å². The zero-order valence-corrected chi connectivity index (χ0v) is 16.1. The summed E-state index contributed by atoms with van der Waals surface area (Å²) in [6, 6.07) is 13.3. The molecule has 0 saturated heterocycles. The second kappa shape index (κ2) is 8.04. The standard InChI is InChI=1S/C16H15Br2NO2S/c1-10(21-15-7-6-11(17)8-14(15)18)16(20)19-12-4-3-5-13(9-12)22-2/h3-10H,1-2H3,(H,19,20)/t10-/m1/s1. The Balaban J connectivity index is 2.02. The Bertz CT molecular complexity index is 679. The predicted octanol–water partition coefficient (Wildman–Crippen LogP) is 5.34. The van der Waals surface area contributed by atoms with Gasteiger partial charge in [0, 0.05) is 15.1 Å². The van der Waals surface area contributed by atoms with Crippen molar-refractivity contribution in [3.63, 3.8) is 0 Å². The minimum Gasteiger partial charge on any atom is -0.480 e. The smallest absolute Gasteiger partial charge is 0.265 e. The number of hydrogen-bond acceptors (Lipinski definition) is 3. The van der Waals surface area contributed by atoms with Gasteiger partial charge >= 0.3 is 0 Å². The van der Waals surface area contributed by atoms with Gasteiger partial charge in [0.1, 0.15) is 5.75 Å². The molecule has 6 heteroatoms. The number of carbonyl (C=O) groups is 1. The van der Waals surface area contributed by atoms with E-state index in [1.54, 1.807) is 18.7 Å². The maximum Gasteiger partial charge on any atom is 0.265 e. The summed E-state index contributed by atoms with van der Waals surface area (Å²) < 4.78 is 7.45. The van der Waals surface area contributed by atoms with Gasteiger partial charge in [-0.25, -0.2) is 0 Å². The molecule has 1 N–H and O–H groups in total. The predicted molar refractivity (Wildman–Crippen MR) is 98.8 cm³/mol. The third-order valence-electron chi connectivity index (χ3n) is 2.90. The Hall–Kier alpha value is -0.980. The van der Waals surface area contributed by atoms with Gasteiger partial charge in [0.2, 0.25) is 0 Å². The van der Waals surface area contributed by atoms with E-state index in [0.717, 1.165) is 19.5 Å². The average Bonchev–Trinajstić information content (AvgIpc) is 2.50. The van der Waals surface area contributed by atoms with Gasteiger partial charge in [0.25, 0.3) is 5.91 Å². The Kier molecular flexibility index (Phi) is 6.35. The minimum atomic E-state index is -0.601. The number of rotatable bonds is 5. The molecule has 0 aliphatic rings. The summed E-state index contributed by atoms with van der Waals surface area (Å²) in [5, 5.41) is 2.87. The number of nitrogens with one attached hydrogen (secondary N) is 1. The summed E-state index contributed by atoms with van der Waals surface area (Å²) in [5.41, 5.74) is 0.766. The van der Waals surface area contributed by atoms with E-state index in [0.29, 0.717) is 5.75 Å². The molecule has 0 spiro atoms. The summed E-state index contributed by atoms with van der Waals surface area (Å²) in [7, 11) is 0. The number of amides is 1. The minimum absolute atomic E-state index is 0.187. The van der Waals surface area contributed by atoms with E-state index in [2.05, 4.69) is 37.2 Å². The van der Waals surface area contributed by atoms with Gasteiger partial charge in [0.05, 0.1) is 4.47 Å². The third kappa shape index (κ3) is 4.76. The maximum atomic E-state index is 12.2. The van der Waals surface area contributed by atoms with Crippen LogP contribution < -0.4 is 10.1 Å². The number of benzene rings is 2. The number of ether oxygens (including phenoxy) is 1. The molecule has 22 heavy (non-hydrogen) atoms. The monoisotopic (exact) mass is 443 g/mol. The highest BCUT2D eigenvalue weighted by molar-refractivity contribution is 9.11. The highest BCUT2D eigenvalue weighted by atomic mass is 79.9. The van der Waals surface area contributed by atoms with Crippen molar-refractivity contribution in [2.45, 2.75) is 17.9 Å². The molecule has 1 atom stereocenters. The van der Waals surface area contributed by atoms with E-state index >= 15 is 0 Å². The first-order chi connectivity index (χ1) is 10.5. The molecule has 0 heterocycles. The fourth-order valence-corrected chi connectivity index (χ4v) is 3.36. The van der Waals surface area contributed by atoms with Crippen LogP contribution >= 0.6 is 43.6 Å². The molecule has 2 aromatic rings. The van der Waals surface area contributed by atoms with E-state index in [1.807, 2.05) is 48.7 Å². The second-order valence-electron chi connectivity index (χ2n) is 4.56. The van der Waals surface area contributed by atoms with E-state index < -0.39 is 6.10 Å². The number of carbonyl (C=O) groups excluding carboxylic acids is 1. The Morgan fingerprint density at radius 3 is 2.68 bits per heavy atom. The fourth-order valence-electron chi connectivity index (χ4n) is 1.76. The molecule has 0 saturated carbocycles. The summed E-state index contributed by atoms with van der Waals surface area (Å²) >= 11 is 8.43. The van der Waals surface area contributed by atoms with Crippen LogP contribution in [-0.4, -0.2) is 18.3 Å². The molecule has 0 fully saturated rings. The van der Waals surface area contributed by atoms with Crippen LogP contribution in [0.4, 0.5) is 5.69 Å². The van der Waals surface area contributed by atoms with Crippen molar-refractivity contribution in [3.8, 4) is 5.75 Å². The fraction of sp³-hybridized carbons (Fsp3) is 0.188. The molecule has 2 aromatic carbocycles. The summed E-state index contributed by atoms with van der Waals surface area (Å²) in [5.74, 6) is 0.441. The molecule has 0 aromatic heterocycles. The van der Waals surface area contributed by atoms with Crippen LogP contribution in [0.1, 0.15) is 6.92 Å². The summed E-state index contributed by atoms with van der Waals surface area (Å²) in [6.07, 6.45) is 1.40. The van der Waals surface area contributed by atoms with Crippen LogP contribution in [0.25, 0.3) is 0 Å². The Morgan fingerprint density at radius 1 is 1.23 bits per heavy atom. The van der Waals surface area contributed by atoms with E-state index in [9.17, 15) is 4.79 Å². The topological polar surface area (TPSA) is 38.3 Å². The lowest BCUT2D eigenvalue weighted by molar-refractivity contribution is -0.122. The zero-order chi connectivity index (χ0) is 16.1. The van der Waals surface area contributed by atoms with Gasteiger partial charge in [-0.1, -0.05) is 22.0 Å². The SMILES string of the molecule is CSc1cccc(NC(=O)[C@@H](C)Oc2ccc(Br)cc2Br)c1. The molecule has 0 aliphatic carbocycles. The molecule has 1 amide bonds. The van der Waals surface area contributed by atoms with Crippen LogP contribution in [0, 0.1) is 0 Å². The third-order valence-corrected chi connectivity index (χ3v) is 4.74. The van der Waals surface area contributed by atoms with Crippen molar-refractivity contribution >= 4 is 55.2 Å². The van der Waals surface area contributed by atoms with E-state index in [-0.39, 0.29) is 5.91 Å². The number of halogens is 2. The highest BCUT2D eigenvalue weighted by Gasteiger charge is 2.16. The molecule has 0 radical (unpaired) electrons. The first-order valence-corrected chi connectivity index (χ1v) is 9.37. The van der Waals surface area contributed by atoms with Gasteiger partial charge < -0.3 is 10.1 Å². The highest BCUT2D eigenvalue weighted by Crippen LogP contribution is 2.29. The normalized spacial score (nSPS) is 11.8. The molecule has 0 aliphatic heterocycles. The first kappa shape index (κ1) is 17.4. The Labute approximate surface area is 151 Å². The van der Waals surface area contributed by atoms with Crippen LogP contribution in [0.3, 0.4) is 0 Å². The Morgan fingerprint density at radius 2 is 2.00 bits per heavy atom.